The van der Waals surface area contributed by atoms with Gasteiger partial charge in [0, 0.05) is 29.7 Å². The second-order valence-corrected chi connectivity index (χ2v) is 6.38. The first-order valence-corrected chi connectivity index (χ1v) is 7.82. The first-order valence-electron chi connectivity index (χ1n) is 7.82. The molecule has 3 heterocycles. The van der Waals surface area contributed by atoms with Crippen LogP contribution in [-0.2, 0) is 13.5 Å². The first kappa shape index (κ1) is 13.9. The smallest absolute Gasteiger partial charge is 0.119 e. The molecular weight excluding hydrogens is 276 g/mol. The van der Waals surface area contributed by atoms with Gasteiger partial charge in [-0.15, -0.1) is 0 Å². The lowest BCUT2D eigenvalue weighted by Gasteiger charge is -2.44. The summed E-state index contributed by atoms with van der Waals surface area (Å²) in [4.78, 5) is 2.42. The van der Waals surface area contributed by atoms with E-state index in [1.54, 1.807) is 7.11 Å². The highest BCUT2D eigenvalue weighted by Crippen LogP contribution is 2.44. The standard InChI is InChI=1S/C18H22N2O2/c1-19-16-6-4-11(10-21)17(19)9-14-13-8-12(22-3)5-7-15(13)20(2)18(14)16/h4-5,7-8,16-17,21H,6,9-10H2,1-3H3/t16-,17+/m0/s1. The molecule has 116 valence electrons. The second kappa shape index (κ2) is 4.86. The van der Waals surface area contributed by atoms with Gasteiger partial charge in [0.2, 0.25) is 0 Å². The first-order chi connectivity index (χ1) is 10.7. The summed E-state index contributed by atoms with van der Waals surface area (Å²) in [6, 6.07) is 7.04. The Morgan fingerprint density at radius 3 is 2.82 bits per heavy atom. The Morgan fingerprint density at radius 1 is 1.27 bits per heavy atom. The largest absolute Gasteiger partial charge is 0.497 e. The molecule has 0 aliphatic carbocycles. The van der Waals surface area contributed by atoms with Crippen molar-refractivity contribution < 1.29 is 9.84 Å². The fraction of sp³-hybridized carbons (Fsp3) is 0.444. The van der Waals surface area contributed by atoms with Crippen LogP contribution < -0.4 is 4.74 Å². The van der Waals surface area contributed by atoms with Crippen LogP contribution in [0.4, 0.5) is 0 Å². The van der Waals surface area contributed by atoms with E-state index in [4.69, 9.17) is 4.74 Å². The fourth-order valence-electron chi connectivity index (χ4n) is 4.27. The lowest BCUT2D eigenvalue weighted by molar-refractivity contribution is 0.145. The number of hydrogen-bond donors (Lipinski definition) is 1. The summed E-state index contributed by atoms with van der Waals surface area (Å²) in [6.45, 7) is 0.158. The molecule has 0 fully saturated rings. The molecule has 2 aliphatic rings. The van der Waals surface area contributed by atoms with Crippen LogP contribution in [0.1, 0.15) is 23.7 Å². The number of aliphatic hydroxyl groups excluding tert-OH is 1. The normalized spacial score (nSPS) is 24.3. The molecule has 0 radical (unpaired) electrons. The summed E-state index contributed by atoms with van der Waals surface area (Å²) in [7, 11) is 6.05. The molecule has 0 saturated carbocycles. The predicted molar refractivity (Wildman–Crippen MR) is 87.3 cm³/mol. The SMILES string of the molecule is COc1ccc2c(c1)c1c(n2C)[C@@H]2CC=C(CO)[C@@H](C1)N2C. The van der Waals surface area contributed by atoms with Crippen LogP contribution in [-0.4, -0.2) is 41.4 Å². The monoisotopic (exact) mass is 298 g/mol. The van der Waals surface area contributed by atoms with Crippen LogP contribution >= 0.6 is 0 Å². The number of aryl methyl sites for hydroxylation is 1. The summed E-state index contributed by atoms with van der Waals surface area (Å²) in [5.74, 6) is 0.905. The lowest BCUT2D eigenvalue weighted by Crippen LogP contribution is -2.45. The van der Waals surface area contributed by atoms with Crippen LogP contribution in [0.5, 0.6) is 5.75 Å². The Balaban J connectivity index is 1.95. The van der Waals surface area contributed by atoms with Crippen molar-refractivity contribution in [3.63, 3.8) is 0 Å². The molecule has 2 atom stereocenters. The van der Waals surface area contributed by atoms with Gasteiger partial charge in [-0.1, -0.05) is 6.08 Å². The molecule has 1 N–H and O–H groups in total. The van der Waals surface area contributed by atoms with Crippen molar-refractivity contribution in [2.75, 3.05) is 20.8 Å². The van der Waals surface area contributed by atoms with Crippen molar-refractivity contribution in [1.29, 1.82) is 0 Å². The molecule has 0 unspecified atom stereocenters. The van der Waals surface area contributed by atoms with Gasteiger partial charge in [0.1, 0.15) is 5.75 Å². The Labute approximate surface area is 130 Å². The maximum atomic E-state index is 9.65. The molecule has 4 heteroatoms. The molecule has 2 aliphatic heterocycles. The maximum Gasteiger partial charge on any atom is 0.119 e. The van der Waals surface area contributed by atoms with E-state index in [2.05, 4.69) is 41.8 Å². The van der Waals surface area contributed by atoms with E-state index in [9.17, 15) is 5.11 Å². The van der Waals surface area contributed by atoms with Gasteiger partial charge in [0.15, 0.2) is 0 Å². The van der Waals surface area contributed by atoms with Crippen molar-refractivity contribution >= 4 is 10.9 Å². The zero-order valence-electron chi connectivity index (χ0n) is 13.3. The number of fused-ring (bicyclic) bond motifs is 6. The van der Waals surface area contributed by atoms with Gasteiger partial charge < -0.3 is 14.4 Å². The van der Waals surface area contributed by atoms with Crippen LogP contribution in [0.25, 0.3) is 10.9 Å². The number of aromatic nitrogens is 1. The third-order valence-corrected chi connectivity index (χ3v) is 5.47. The molecule has 4 rings (SSSR count). The third kappa shape index (κ3) is 1.71. The Kier molecular flexibility index (Phi) is 3.06. The van der Waals surface area contributed by atoms with E-state index in [0.717, 1.165) is 24.2 Å². The summed E-state index contributed by atoms with van der Waals surface area (Å²) < 4.78 is 7.74. The number of hydrogen-bond acceptors (Lipinski definition) is 3. The van der Waals surface area contributed by atoms with Gasteiger partial charge in [-0.25, -0.2) is 0 Å². The molecule has 22 heavy (non-hydrogen) atoms. The van der Waals surface area contributed by atoms with Crippen molar-refractivity contribution in [3.05, 3.63) is 41.1 Å². The molecule has 2 bridgehead atoms. The Morgan fingerprint density at radius 2 is 2.09 bits per heavy atom. The molecule has 0 saturated heterocycles. The molecular formula is C18H22N2O2. The van der Waals surface area contributed by atoms with Gasteiger partial charge in [-0.3, -0.25) is 4.90 Å². The van der Waals surface area contributed by atoms with E-state index in [-0.39, 0.29) is 6.61 Å². The Hall–Kier alpha value is -1.78. The van der Waals surface area contributed by atoms with Crippen LogP contribution in [0.3, 0.4) is 0 Å². The zero-order valence-corrected chi connectivity index (χ0v) is 13.3. The third-order valence-electron chi connectivity index (χ3n) is 5.47. The van der Waals surface area contributed by atoms with E-state index < -0.39 is 0 Å². The van der Waals surface area contributed by atoms with Crippen LogP contribution in [0.15, 0.2) is 29.8 Å². The van der Waals surface area contributed by atoms with Gasteiger partial charge in [0.25, 0.3) is 0 Å². The summed E-state index contributed by atoms with van der Waals surface area (Å²) in [5.41, 5.74) is 5.25. The summed E-state index contributed by atoms with van der Waals surface area (Å²) in [6.07, 6.45) is 4.16. The van der Waals surface area contributed by atoms with Crippen LogP contribution in [0.2, 0.25) is 0 Å². The van der Waals surface area contributed by atoms with Crippen molar-refractivity contribution in [1.82, 2.24) is 9.47 Å². The minimum atomic E-state index is 0.158. The number of aliphatic hydroxyl groups is 1. The number of nitrogens with zero attached hydrogens (tertiary/aromatic N) is 2. The number of likely N-dealkylation sites (N-methyl/N-ethyl adjacent to an activating group) is 1. The Bertz CT molecular complexity index is 775. The average molecular weight is 298 g/mol. The summed E-state index contributed by atoms with van der Waals surface area (Å²) in [5, 5.41) is 10.9. The lowest BCUT2D eigenvalue weighted by atomic mass is 9.83. The minimum Gasteiger partial charge on any atom is -0.497 e. The molecule has 2 aromatic rings. The van der Waals surface area contributed by atoms with Gasteiger partial charge >= 0.3 is 0 Å². The second-order valence-electron chi connectivity index (χ2n) is 6.38. The predicted octanol–water partition coefficient (Wildman–Crippen LogP) is 2.41. The van der Waals surface area contributed by atoms with Gasteiger partial charge in [0.05, 0.1) is 19.8 Å². The summed E-state index contributed by atoms with van der Waals surface area (Å²) >= 11 is 0. The minimum absolute atomic E-state index is 0.158. The highest BCUT2D eigenvalue weighted by molar-refractivity contribution is 5.87. The highest BCUT2D eigenvalue weighted by Gasteiger charge is 2.39. The fourth-order valence-corrected chi connectivity index (χ4v) is 4.27. The highest BCUT2D eigenvalue weighted by atomic mass is 16.5. The van der Waals surface area contributed by atoms with E-state index in [1.807, 2.05) is 6.07 Å². The molecule has 4 nitrogen and oxygen atoms in total. The number of benzene rings is 1. The average Bonchev–Trinajstić information content (AvgIpc) is 2.80. The van der Waals surface area contributed by atoms with Crippen LogP contribution in [0, 0.1) is 0 Å². The molecule has 1 aromatic carbocycles. The molecule has 0 spiro atoms. The van der Waals surface area contributed by atoms with E-state index >= 15 is 0 Å². The van der Waals surface area contributed by atoms with Crippen molar-refractivity contribution in [2.24, 2.45) is 7.05 Å². The van der Waals surface area contributed by atoms with Gasteiger partial charge in [-0.2, -0.15) is 0 Å². The van der Waals surface area contributed by atoms with Crippen molar-refractivity contribution in [3.8, 4) is 5.75 Å². The number of rotatable bonds is 2. The number of ether oxygens (including phenoxy) is 1. The molecule has 1 aromatic heterocycles. The maximum absolute atomic E-state index is 9.65. The topological polar surface area (TPSA) is 37.6 Å². The number of methoxy groups -OCH3 is 1. The van der Waals surface area contributed by atoms with Gasteiger partial charge in [-0.05, 0) is 49.2 Å². The van der Waals surface area contributed by atoms with E-state index in [1.165, 1.54) is 22.2 Å². The quantitative estimate of drug-likeness (QED) is 0.865. The van der Waals surface area contributed by atoms with Crippen molar-refractivity contribution in [2.45, 2.75) is 24.9 Å². The van der Waals surface area contributed by atoms with E-state index in [0.29, 0.717) is 12.1 Å². The zero-order chi connectivity index (χ0) is 15.4. The molecule has 0 amide bonds.